The Morgan fingerprint density at radius 1 is 0.818 bits per heavy atom. The van der Waals surface area contributed by atoms with Crippen molar-refractivity contribution in [1.82, 2.24) is 0 Å². The summed E-state index contributed by atoms with van der Waals surface area (Å²) in [7, 11) is -1.50. The van der Waals surface area contributed by atoms with E-state index in [-0.39, 0.29) is 15.7 Å². The average molecular weight is 503 g/mol. The third-order valence-electron chi connectivity index (χ3n) is 9.07. The normalized spacial score (nSPS) is 35.3. The quantitative estimate of drug-likeness (QED) is 0.513. The van der Waals surface area contributed by atoms with Gasteiger partial charge in [-0.1, -0.05) is 43.9 Å². The van der Waals surface area contributed by atoms with Gasteiger partial charge in [0.05, 0.1) is 33.3 Å². The van der Waals surface area contributed by atoms with E-state index >= 15 is 0 Å². The summed E-state index contributed by atoms with van der Waals surface area (Å²) in [6, 6.07) is 9.63. The van der Waals surface area contributed by atoms with E-state index in [0.29, 0.717) is 5.92 Å². The van der Waals surface area contributed by atoms with Crippen molar-refractivity contribution in [3.63, 3.8) is 0 Å². The van der Waals surface area contributed by atoms with E-state index in [0.717, 1.165) is 36.5 Å². The van der Waals surface area contributed by atoms with Gasteiger partial charge >= 0.3 is 0 Å². The van der Waals surface area contributed by atoms with Crippen molar-refractivity contribution in [1.29, 1.82) is 0 Å². The van der Waals surface area contributed by atoms with Gasteiger partial charge in [0.2, 0.25) is 0 Å². The SMILES string of the molecule is C=C[SiH](C)C1(C(c2ccc(C3([SiH3])CCCCO3)cc2)C2([SiH](C)C)CCCCO2)CCCCO1. The Bertz CT molecular complexity index is 776. The van der Waals surface area contributed by atoms with Gasteiger partial charge < -0.3 is 14.2 Å². The molecule has 6 heteroatoms. The van der Waals surface area contributed by atoms with Gasteiger partial charge in [-0.2, -0.15) is 0 Å². The van der Waals surface area contributed by atoms with E-state index in [4.69, 9.17) is 14.2 Å². The van der Waals surface area contributed by atoms with Crippen molar-refractivity contribution < 1.29 is 14.2 Å². The number of hydrogen-bond donors (Lipinski definition) is 0. The van der Waals surface area contributed by atoms with E-state index < -0.39 is 17.6 Å². The first-order valence-corrected chi connectivity index (χ1v) is 19.8. The summed E-state index contributed by atoms with van der Waals surface area (Å²) in [5.74, 6) is 0.309. The molecule has 3 saturated heterocycles. The Morgan fingerprint density at radius 2 is 1.36 bits per heavy atom. The highest BCUT2D eigenvalue weighted by molar-refractivity contribution is 6.67. The minimum atomic E-state index is -1.37. The number of hydrogen-bond acceptors (Lipinski definition) is 3. The smallest absolute Gasteiger partial charge is 0.0961 e. The topological polar surface area (TPSA) is 27.7 Å². The van der Waals surface area contributed by atoms with Crippen LogP contribution in [0.15, 0.2) is 36.5 Å². The van der Waals surface area contributed by atoms with Crippen molar-refractivity contribution in [3.8, 4) is 0 Å². The van der Waals surface area contributed by atoms with Gasteiger partial charge in [0.15, 0.2) is 0 Å². The molecule has 3 aliphatic rings. The van der Waals surface area contributed by atoms with E-state index in [1.54, 1.807) is 0 Å². The average Bonchev–Trinajstić information content (AvgIpc) is 2.85. The molecule has 0 saturated carbocycles. The van der Waals surface area contributed by atoms with Crippen LogP contribution in [0.5, 0.6) is 0 Å². The van der Waals surface area contributed by atoms with Crippen LogP contribution in [0.3, 0.4) is 0 Å². The molecule has 33 heavy (non-hydrogen) atoms. The number of rotatable bonds is 7. The lowest BCUT2D eigenvalue weighted by Crippen LogP contribution is -2.64. The first-order chi connectivity index (χ1) is 15.9. The summed E-state index contributed by atoms with van der Waals surface area (Å²) in [6.07, 6.45) is 10.9. The highest BCUT2D eigenvalue weighted by atomic mass is 28.3. The van der Waals surface area contributed by atoms with Crippen molar-refractivity contribution in [3.05, 3.63) is 47.7 Å². The van der Waals surface area contributed by atoms with Crippen LogP contribution in [0.2, 0.25) is 19.6 Å². The van der Waals surface area contributed by atoms with Crippen LogP contribution in [-0.2, 0) is 19.4 Å². The molecule has 3 nitrogen and oxygen atoms in total. The fraction of sp³-hybridized carbons (Fsp3) is 0.704. The maximum Gasteiger partial charge on any atom is 0.0961 e. The standard InChI is InChI=1S/C27H46O3Si3/c1-5-33(4)27(18-8-11-21-30-27)24(26(32(2)3)17-7-10-20-29-26)22-12-14-23(15-13-22)25(31)16-6-9-19-28-25/h5,12-15,24,32-33H,1,6-11,16-21H2,2-4,31H3. The molecule has 5 atom stereocenters. The van der Waals surface area contributed by atoms with Crippen LogP contribution < -0.4 is 0 Å². The van der Waals surface area contributed by atoms with Crippen LogP contribution >= 0.6 is 0 Å². The van der Waals surface area contributed by atoms with Crippen molar-refractivity contribution in [2.24, 2.45) is 0 Å². The van der Waals surface area contributed by atoms with Gasteiger partial charge in [-0.25, -0.2) is 0 Å². The molecule has 1 aromatic carbocycles. The molecule has 184 valence electrons. The number of benzene rings is 1. The summed E-state index contributed by atoms with van der Waals surface area (Å²) >= 11 is 0. The second kappa shape index (κ2) is 10.6. The summed E-state index contributed by atoms with van der Waals surface area (Å²) in [4.78, 5) is 0. The fourth-order valence-electron chi connectivity index (χ4n) is 6.91. The van der Waals surface area contributed by atoms with Gasteiger partial charge in [0, 0.05) is 36.0 Å². The second-order valence-corrected chi connectivity index (χ2v) is 19.2. The lowest BCUT2D eigenvalue weighted by molar-refractivity contribution is -0.116. The third-order valence-corrected chi connectivity index (χ3v) is 16.2. The molecule has 0 bridgehead atoms. The number of ether oxygens (including phenoxy) is 3. The maximum absolute atomic E-state index is 6.94. The zero-order chi connectivity index (χ0) is 23.5. The largest absolute Gasteiger partial charge is 0.378 e. The molecule has 4 rings (SSSR count). The lowest BCUT2D eigenvalue weighted by atomic mass is 9.80. The molecule has 0 N–H and O–H groups in total. The molecule has 0 radical (unpaired) electrons. The first-order valence-electron chi connectivity index (χ1n) is 13.5. The maximum atomic E-state index is 6.94. The molecule has 1 aromatic rings. The zero-order valence-corrected chi connectivity index (χ0v) is 25.8. The highest BCUT2D eigenvalue weighted by Gasteiger charge is 2.57. The molecule has 0 amide bonds. The van der Waals surface area contributed by atoms with E-state index in [2.05, 4.69) is 56.2 Å². The Balaban J connectivity index is 1.81. The Hall–Kier alpha value is -0.509. The molecule has 3 aliphatic heterocycles. The third kappa shape index (κ3) is 4.81. The molecule has 0 aromatic heterocycles. The van der Waals surface area contributed by atoms with Gasteiger partial charge in [-0.05, 0) is 68.9 Å². The minimum absolute atomic E-state index is 0.0136. The van der Waals surface area contributed by atoms with Crippen LogP contribution in [0.4, 0.5) is 0 Å². The summed E-state index contributed by atoms with van der Waals surface area (Å²) < 4.78 is 20.2. The van der Waals surface area contributed by atoms with Gasteiger partial charge in [0.1, 0.15) is 0 Å². The van der Waals surface area contributed by atoms with Gasteiger partial charge in [-0.3, -0.25) is 0 Å². The van der Waals surface area contributed by atoms with E-state index in [9.17, 15) is 0 Å². The monoisotopic (exact) mass is 502 g/mol. The Morgan fingerprint density at radius 3 is 1.82 bits per heavy atom. The summed E-state index contributed by atoms with van der Waals surface area (Å²) in [5.41, 5.74) is 5.09. The summed E-state index contributed by atoms with van der Waals surface area (Å²) in [6.45, 7) is 14.5. The fourth-order valence-corrected chi connectivity index (χ4v) is 12.8. The Kier molecular flexibility index (Phi) is 8.24. The van der Waals surface area contributed by atoms with Crippen molar-refractivity contribution in [2.45, 2.75) is 99.0 Å². The van der Waals surface area contributed by atoms with E-state index in [1.807, 2.05) is 0 Å². The molecule has 0 spiro atoms. The molecular weight excluding hydrogens is 457 g/mol. The van der Waals surface area contributed by atoms with Crippen molar-refractivity contribution in [2.75, 3.05) is 19.8 Å². The highest BCUT2D eigenvalue weighted by Crippen LogP contribution is 2.52. The van der Waals surface area contributed by atoms with Crippen molar-refractivity contribution >= 4 is 27.8 Å². The van der Waals surface area contributed by atoms with Crippen LogP contribution in [0.25, 0.3) is 0 Å². The molecule has 5 unspecified atom stereocenters. The Labute approximate surface area is 208 Å². The first kappa shape index (κ1) is 25.6. The molecule has 3 heterocycles. The van der Waals surface area contributed by atoms with Crippen LogP contribution in [-0.4, -0.2) is 58.1 Å². The minimum Gasteiger partial charge on any atom is -0.378 e. The van der Waals surface area contributed by atoms with Gasteiger partial charge in [-0.15, -0.1) is 12.3 Å². The second-order valence-electron chi connectivity index (χ2n) is 11.3. The molecular formula is C27H46O3Si3. The van der Waals surface area contributed by atoms with E-state index in [1.165, 1.54) is 62.5 Å². The van der Waals surface area contributed by atoms with Crippen LogP contribution in [0.1, 0.15) is 74.8 Å². The molecule has 0 aliphatic carbocycles. The zero-order valence-electron chi connectivity index (χ0n) is 21.5. The predicted octanol–water partition coefficient (Wildman–Crippen LogP) is 4.51. The summed E-state index contributed by atoms with van der Waals surface area (Å²) in [5, 5.41) is -0.155. The van der Waals surface area contributed by atoms with Gasteiger partial charge in [0.25, 0.3) is 0 Å². The molecule has 3 fully saturated rings. The van der Waals surface area contributed by atoms with Crippen LogP contribution in [0, 0.1) is 0 Å². The predicted molar refractivity (Wildman–Crippen MR) is 148 cm³/mol. The lowest BCUT2D eigenvalue weighted by Gasteiger charge is -2.56.